The molecule has 2 aliphatic heterocycles. The number of sulfonamides is 1. The van der Waals surface area contributed by atoms with Crippen molar-refractivity contribution in [2.24, 2.45) is 0 Å². The Morgan fingerprint density at radius 1 is 1.00 bits per heavy atom. The van der Waals surface area contributed by atoms with Gasteiger partial charge in [-0.3, -0.25) is 4.90 Å². The molecule has 216 valence electrons. The molecule has 40 heavy (non-hydrogen) atoms. The van der Waals surface area contributed by atoms with Crippen molar-refractivity contribution in [2.45, 2.75) is 52.1 Å². The third-order valence-corrected chi connectivity index (χ3v) is 9.64. The SMILES string of the molecule is CCCCCOc1cc(N2CCCN(Cc3ccnc4c3ccn4CCN3CCCS3(=O)=O)C2=O)ccc1OC. The van der Waals surface area contributed by atoms with Gasteiger partial charge in [0, 0.05) is 68.8 Å². The predicted octanol–water partition coefficient (Wildman–Crippen LogP) is 4.48. The second kappa shape index (κ2) is 12.5. The number of carbonyl (C=O) groups excluding carboxylic acids is 1. The van der Waals surface area contributed by atoms with Gasteiger partial charge >= 0.3 is 6.03 Å². The van der Waals surface area contributed by atoms with Crippen molar-refractivity contribution in [3.8, 4) is 11.5 Å². The Kier molecular flexibility index (Phi) is 8.80. The highest BCUT2D eigenvalue weighted by Gasteiger charge is 2.29. The Balaban J connectivity index is 1.29. The van der Waals surface area contributed by atoms with Crippen LogP contribution in [0.2, 0.25) is 0 Å². The number of unbranched alkanes of at least 4 members (excludes halogenated alkanes) is 2. The van der Waals surface area contributed by atoms with Gasteiger partial charge in [-0.15, -0.1) is 0 Å². The number of benzene rings is 1. The number of amides is 2. The summed E-state index contributed by atoms with van der Waals surface area (Å²) in [7, 11) is -1.51. The first-order valence-corrected chi connectivity index (χ1v) is 15.8. The molecule has 2 aromatic heterocycles. The molecule has 0 radical (unpaired) electrons. The fourth-order valence-electron chi connectivity index (χ4n) is 5.48. The molecule has 0 aliphatic carbocycles. The first-order valence-electron chi connectivity index (χ1n) is 14.2. The van der Waals surface area contributed by atoms with E-state index in [0.717, 1.165) is 48.0 Å². The summed E-state index contributed by atoms with van der Waals surface area (Å²) in [6.07, 6.45) is 8.45. The zero-order valence-corrected chi connectivity index (χ0v) is 24.2. The number of hydrogen-bond acceptors (Lipinski definition) is 6. The molecular formula is C29H39N5O5S. The molecule has 0 spiro atoms. The number of urea groups is 1. The number of ether oxygens (including phenoxy) is 2. The van der Waals surface area contributed by atoms with Gasteiger partial charge in [0.15, 0.2) is 11.5 Å². The summed E-state index contributed by atoms with van der Waals surface area (Å²) in [6, 6.07) is 9.59. The van der Waals surface area contributed by atoms with E-state index >= 15 is 0 Å². The van der Waals surface area contributed by atoms with Gasteiger partial charge in [-0.25, -0.2) is 22.5 Å². The topological polar surface area (TPSA) is 97.2 Å². The van der Waals surface area contributed by atoms with E-state index < -0.39 is 10.0 Å². The molecule has 0 saturated carbocycles. The van der Waals surface area contributed by atoms with Gasteiger partial charge in [-0.1, -0.05) is 19.8 Å². The van der Waals surface area contributed by atoms with E-state index in [1.165, 1.54) is 0 Å². The first kappa shape index (κ1) is 28.2. The summed E-state index contributed by atoms with van der Waals surface area (Å²) in [5.74, 6) is 1.54. The van der Waals surface area contributed by atoms with Crippen molar-refractivity contribution >= 4 is 32.8 Å². The summed E-state index contributed by atoms with van der Waals surface area (Å²) in [4.78, 5) is 21.9. The molecule has 10 nitrogen and oxygen atoms in total. The van der Waals surface area contributed by atoms with Crippen LogP contribution in [0.4, 0.5) is 10.5 Å². The third kappa shape index (κ3) is 6.05. The molecule has 0 N–H and O–H groups in total. The highest BCUT2D eigenvalue weighted by atomic mass is 32.2. The van der Waals surface area contributed by atoms with Gasteiger partial charge in [0.2, 0.25) is 10.0 Å². The number of methoxy groups -OCH3 is 1. The molecule has 2 aliphatic rings. The second-order valence-electron chi connectivity index (χ2n) is 10.4. The number of pyridine rings is 1. The number of fused-ring (bicyclic) bond motifs is 1. The zero-order valence-electron chi connectivity index (χ0n) is 23.4. The quantitative estimate of drug-likeness (QED) is 0.299. The van der Waals surface area contributed by atoms with Crippen LogP contribution >= 0.6 is 0 Å². The lowest BCUT2D eigenvalue weighted by atomic mass is 10.1. The Hall–Kier alpha value is -3.31. The molecule has 3 aromatic rings. The summed E-state index contributed by atoms with van der Waals surface area (Å²) in [6.45, 7) is 6.09. The minimum Gasteiger partial charge on any atom is -0.493 e. The van der Waals surface area contributed by atoms with Crippen molar-refractivity contribution in [3.05, 3.63) is 48.3 Å². The number of aromatic nitrogens is 2. The van der Waals surface area contributed by atoms with Crippen LogP contribution in [-0.2, 0) is 23.1 Å². The van der Waals surface area contributed by atoms with E-state index in [9.17, 15) is 13.2 Å². The number of carbonyl (C=O) groups is 1. The van der Waals surface area contributed by atoms with Crippen molar-refractivity contribution in [3.63, 3.8) is 0 Å². The first-order chi connectivity index (χ1) is 19.4. The smallest absolute Gasteiger partial charge is 0.324 e. The fourth-order valence-corrected chi connectivity index (χ4v) is 7.00. The average molecular weight is 570 g/mol. The van der Waals surface area contributed by atoms with E-state index in [4.69, 9.17) is 9.47 Å². The minimum atomic E-state index is -3.13. The lowest BCUT2D eigenvalue weighted by molar-refractivity contribution is 0.192. The number of rotatable bonds is 12. The maximum atomic E-state index is 13.6. The van der Waals surface area contributed by atoms with Crippen LogP contribution in [0.25, 0.3) is 11.0 Å². The van der Waals surface area contributed by atoms with Crippen LogP contribution in [0.15, 0.2) is 42.7 Å². The highest BCUT2D eigenvalue weighted by Crippen LogP contribution is 2.34. The van der Waals surface area contributed by atoms with Gasteiger partial charge in [-0.05, 0) is 49.1 Å². The maximum Gasteiger partial charge on any atom is 0.324 e. The van der Waals surface area contributed by atoms with Crippen molar-refractivity contribution in [1.29, 1.82) is 0 Å². The van der Waals surface area contributed by atoms with E-state index in [-0.39, 0.29) is 11.8 Å². The summed E-state index contributed by atoms with van der Waals surface area (Å²) >= 11 is 0. The van der Waals surface area contributed by atoms with Gasteiger partial charge < -0.3 is 18.9 Å². The lowest BCUT2D eigenvalue weighted by Crippen LogP contribution is -2.49. The van der Waals surface area contributed by atoms with Gasteiger partial charge in [-0.2, -0.15) is 0 Å². The molecule has 4 heterocycles. The van der Waals surface area contributed by atoms with E-state index in [1.807, 2.05) is 50.9 Å². The average Bonchev–Trinajstić information content (AvgIpc) is 3.53. The molecule has 0 unspecified atom stereocenters. The molecule has 11 heteroatoms. The Labute approximate surface area is 236 Å². The summed E-state index contributed by atoms with van der Waals surface area (Å²) in [5, 5.41) is 0.976. The summed E-state index contributed by atoms with van der Waals surface area (Å²) in [5.41, 5.74) is 2.61. The zero-order chi connectivity index (χ0) is 28.1. The van der Waals surface area contributed by atoms with Crippen LogP contribution in [-0.4, -0.2) is 78.9 Å². The highest BCUT2D eigenvalue weighted by molar-refractivity contribution is 7.89. The largest absolute Gasteiger partial charge is 0.493 e. The van der Waals surface area contributed by atoms with E-state index in [1.54, 1.807) is 17.6 Å². The Morgan fingerprint density at radius 3 is 2.65 bits per heavy atom. The van der Waals surface area contributed by atoms with Crippen molar-refractivity contribution < 1.29 is 22.7 Å². The van der Waals surface area contributed by atoms with Crippen molar-refractivity contribution in [2.75, 3.05) is 50.5 Å². The lowest BCUT2D eigenvalue weighted by Gasteiger charge is -2.36. The molecule has 2 fully saturated rings. The Bertz CT molecular complexity index is 1440. The minimum absolute atomic E-state index is 0.0445. The van der Waals surface area contributed by atoms with Crippen LogP contribution < -0.4 is 14.4 Å². The molecule has 2 saturated heterocycles. The van der Waals surface area contributed by atoms with Gasteiger partial charge in [0.05, 0.1) is 19.5 Å². The van der Waals surface area contributed by atoms with Crippen LogP contribution in [0.1, 0.15) is 44.6 Å². The Morgan fingerprint density at radius 2 is 1.88 bits per heavy atom. The normalized spacial score (nSPS) is 17.6. The van der Waals surface area contributed by atoms with Gasteiger partial charge in [0.25, 0.3) is 0 Å². The van der Waals surface area contributed by atoms with Crippen LogP contribution in [0.5, 0.6) is 11.5 Å². The monoisotopic (exact) mass is 569 g/mol. The van der Waals surface area contributed by atoms with Crippen LogP contribution in [0.3, 0.4) is 0 Å². The van der Waals surface area contributed by atoms with Crippen molar-refractivity contribution in [1.82, 2.24) is 18.8 Å². The molecule has 1 aromatic carbocycles. The number of anilines is 1. The fraction of sp³-hybridized carbons (Fsp3) is 0.517. The third-order valence-electron chi connectivity index (χ3n) is 7.68. The van der Waals surface area contributed by atoms with Gasteiger partial charge in [0.1, 0.15) is 5.65 Å². The summed E-state index contributed by atoms with van der Waals surface area (Å²) < 4.78 is 39.4. The second-order valence-corrected chi connectivity index (χ2v) is 12.5. The number of nitrogens with zero attached hydrogens (tertiary/aromatic N) is 5. The molecular weight excluding hydrogens is 530 g/mol. The molecule has 0 atom stereocenters. The standard InChI is InChI=1S/C29H39N5O5S/c1-3-4-5-19-39-27-21-24(8-9-26(27)38-2)34-15-6-13-32(29(34)35)22-23-10-12-30-28-25(23)11-16-31(28)17-18-33-14-7-20-40(33,36)37/h8-12,16,21H,3-7,13-15,17-20,22H2,1-2H3. The molecule has 5 rings (SSSR count). The molecule has 2 amide bonds. The number of hydrogen-bond donors (Lipinski definition) is 0. The predicted molar refractivity (Wildman–Crippen MR) is 155 cm³/mol. The van der Waals surface area contributed by atoms with Crippen LogP contribution in [0, 0.1) is 0 Å². The van der Waals surface area contributed by atoms with E-state index in [2.05, 4.69) is 11.9 Å². The van der Waals surface area contributed by atoms with E-state index in [0.29, 0.717) is 63.8 Å². The molecule has 0 bridgehead atoms. The maximum absolute atomic E-state index is 13.6.